The zero-order valence-electron chi connectivity index (χ0n) is 19.4. The first kappa shape index (κ1) is 25.1. The van der Waals surface area contributed by atoms with Gasteiger partial charge in [-0.1, -0.05) is 69.9 Å². The third-order valence-corrected chi connectivity index (χ3v) is 6.68. The Bertz CT molecular complexity index is 945. The van der Waals surface area contributed by atoms with Crippen molar-refractivity contribution in [2.45, 2.75) is 71.6 Å². The number of halogens is 4. The van der Waals surface area contributed by atoms with Crippen LogP contribution in [0.15, 0.2) is 42.5 Å². The van der Waals surface area contributed by atoms with E-state index in [0.717, 1.165) is 36.0 Å². The Morgan fingerprint density at radius 3 is 2.21 bits per heavy atom. The van der Waals surface area contributed by atoms with E-state index in [1.807, 2.05) is 12.1 Å². The predicted octanol–water partition coefficient (Wildman–Crippen LogP) is 8.30. The fourth-order valence-electron chi connectivity index (χ4n) is 4.73. The molecule has 0 saturated heterocycles. The Hall–Kier alpha value is -2.48. The summed E-state index contributed by atoms with van der Waals surface area (Å²) in [4.78, 5) is 0. The van der Waals surface area contributed by atoms with Crippen molar-refractivity contribution in [1.82, 2.24) is 0 Å². The van der Waals surface area contributed by atoms with E-state index in [1.165, 1.54) is 56.6 Å². The van der Waals surface area contributed by atoms with E-state index in [9.17, 15) is 17.6 Å². The summed E-state index contributed by atoms with van der Waals surface area (Å²) in [5.41, 5.74) is 2.34. The smallest absolute Gasteiger partial charge is 0.403 e. The molecule has 1 nitrogen and oxygen atoms in total. The van der Waals surface area contributed by atoms with E-state index in [2.05, 4.69) is 42.6 Å². The van der Waals surface area contributed by atoms with Gasteiger partial charge in [0.1, 0.15) is 0 Å². The van der Waals surface area contributed by atoms with Crippen LogP contribution in [0, 0.1) is 35.4 Å². The lowest BCUT2D eigenvalue weighted by Crippen LogP contribution is -2.21. The molecule has 0 aliphatic heterocycles. The van der Waals surface area contributed by atoms with Gasteiger partial charge >= 0.3 is 6.36 Å². The molecule has 0 N–H and O–H groups in total. The molecule has 1 atom stereocenters. The summed E-state index contributed by atoms with van der Waals surface area (Å²) in [6.45, 7) is 4.62. The summed E-state index contributed by atoms with van der Waals surface area (Å²) in [7, 11) is 0. The second-order valence-corrected chi connectivity index (χ2v) is 9.24. The van der Waals surface area contributed by atoms with Crippen molar-refractivity contribution in [1.29, 1.82) is 0 Å². The van der Waals surface area contributed by atoms with E-state index in [-0.39, 0.29) is 5.56 Å². The molecule has 33 heavy (non-hydrogen) atoms. The maximum Gasteiger partial charge on any atom is 0.573 e. The first-order valence-corrected chi connectivity index (χ1v) is 11.9. The summed E-state index contributed by atoms with van der Waals surface area (Å²) in [6, 6.07) is 11.2. The quantitative estimate of drug-likeness (QED) is 0.298. The number of benzene rings is 2. The fraction of sp³-hybridized carbons (Fsp3) is 0.500. The van der Waals surface area contributed by atoms with Gasteiger partial charge < -0.3 is 4.74 Å². The fourth-order valence-corrected chi connectivity index (χ4v) is 4.73. The van der Waals surface area contributed by atoms with Gasteiger partial charge in [-0.05, 0) is 72.9 Å². The number of hydrogen-bond donors (Lipinski definition) is 0. The monoisotopic (exact) mass is 460 g/mol. The van der Waals surface area contributed by atoms with Crippen LogP contribution in [0.5, 0.6) is 5.75 Å². The lowest BCUT2D eigenvalue weighted by Gasteiger charge is -2.32. The highest BCUT2D eigenvalue weighted by atomic mass is 19.4. The van der Waals surface area contributed by atoms with Crippen molar-refractivity contribution in [3.05, 3.63) is 65.0 Å². The van der Waals surface area contributed by atoms with Crippen LogP contribution in [0.3, 0.4) is 0 Å². The van der Waals surface area contributed by atoms with Crippen LogP contribution in [-0.2, 0) is 6.42 Å². The van der Waals surface area contributed by atoms with Gasteiger partial charge in [0.2, 0.25) is 0 Å². The predicted molar refractivity (Wildman–Crippen MR) is 123 cm³/mol. The molecule has 5 heteroatoms. The maximum absolute atomic E-state index is 13.8. The number of alkyl halides is 3. The van der Waals surface area contributed by atoms with E-state index in [0.29, 0.717) is 5.92 Å². The van der Waals surface area contributed by atoms with Crippen LogP contribution in [0.1, 0.15) is 75.5 Å². The van der Waals surface area contributed by atoms with Crippen LogP contribution in [-0.4, -0.2) is 6.36 Å². The molecule has 1 aliphatic rings. The van der Waals surface area contributed by atoms with Gasteiger partial charge in [0.15, 0.2) is 11.6 Å². The Morgan fingerprint density at radius 1 is 0.970 bits per heavy atom. The first-order valence-electron chi connectivity index (χ1n) is 11.9. The molecule has 2 aromatic carbocycles. The van der Waals surface area contributed by atoms with Gasteiger partial charge in [-0.15, -0.1) is 13.2 Å². The molecule has 0 spiro atoms. The number of hydrogen-bond acceptors (Lipinski definition) is 1. The average Bonchev–Trinajstić information content (AvgIpc) is 2.78. The Morgan fingerprint density at radius 2 is 1.61 bits per heavy atom. The largest absolute Gasteiger partial charge is 0.573 e. The lowest BCUT2D eigenvalue weighted by atomic mass is 9.73. The summed E-state index contributed by atoms with van der Waals surface area (Å²) in [5.74, 6) is 6.15. The highest BCUT2D eigenvalue weighted by molar-refractivity contribution is 5.45. The van der Waals surface area contributed by atoms with Crippen molar-refractivity contribution in [3.8, 4) is 17.6 Å². The molecule has 0 heterocycles. The highest BCUT2D eigenvalue weighted by Crippen LogP contribution is 2.36. The molecule has 0 bridgehead atoms. The minimum absolute atomic E-state index is 0.286. The molecule has 0 radical (unpaired) electrons. The maximum atomic E-state index is 13.8. The Balaban J connectivity index is 1.53. The minimum atomic E-state index is -4.93. The van der Waals surface area contributed by atoms with Crippen molar-refractivity contribution in [2.75, 3.05) is 0 Å². The van der Waals surface area contributed by atoms with Crippen LogP contribution in [0.2, 0.25) is 0 Å². The normalized spacial score (nSPS) is 19.5. The van der Waals surface area contributed by atoms with Gasteiger partial charge in [-0.3, -0.25) is 0 Å². The molecule has 1 unspecified atom stereocenters. The van der Waals surface area contributed by atoms with Gasteiger partial charge in [0.25, 0.3) is 0 Å². The summed E-state index contributed by atoms with van der Waals surface area (Å²) >= 11 is 0. The molecule has 2 aromatic rings. The van der Waals surface area contributed by atoms with Crippen LogP contribution in [0.4, 0.5) is 17.6 Å². The third kappa shape index (κ3) is 8.11. The molecule has 178 valence electrons. The number of unbranched alkanes of at least 4 members (excludes halogenated alkanes) is 1. The Labute approximate surface area is 194 Å². The van der Waals surface area contributed by atoms with Gasteiger partial charge in [0, 0.05) is 11.1 Å². The minimum Gasteiger partial charge on any atom is -0.403 e. The van der Waals surface area contributed by atoms with E-state index in [4.69, 9.17) is 0 Å². The standard InChI is InChI=1S/C28H32F4O/c1-3-4-5-21-12-15-25(16-13-21)20(2)18-23-9-6-22(7-10-23)8-11-24-14-17-27(26(29)19-24)33-28(30,31)32/h6-7,9-10,14,17,19-21,25H,3-5,12-13,15-16,18H2,1-2H3. The molecule has 1 aliphatic carbocycles. The van der Waals surface area contributed by atoms with Crippen molar-refractivity contribution >= 4 is 0 Å². The highest BCUT2D eigenvalue weighted by Gasteiger charge is 2.32. The second-order valence-electron chi connectivity index (χ2n) is 9.24. The van der Waals surface area contributed by atoms with Gasteiger partial charge in [-0.25, -0.2) is 4.39 Å². The van der Waals surface area contributed by atoms with E-state index >= 15 is 0 Å². The zero-order valence-corrected chi connectivity index (χ0v) is 19.4. The molecule has 0 amide bonds. The summed E-state index contributed by atoms with van der Waals surface area (Å²) in [5, 5.41) is 0. The SMILES string of the molecule is CCCCC1CCC(C(C)Cc2ccc(C#Cc3ccc(OC(F)(F)F)c(F)c3)cc2)CC1. The summed E-state index contributed by atoms with van der Waals surface area (Å²) in [6.07, 6.45) is 5.55. The van der Waals surface area contributed by atoms with Crippen LogP contribution < -0.4 is 4.74 Å². The molecular formula is C28H32F4O. The summed E-state index contributed by atoms with van der Waals surface area (Å²) < 4.78 is 54.2. The van der Waals surface area contributed by atoms with Gasteiger partial charge in [0.05, 0.1) is 0 Å². The molecular weight excluding hydrogens is 428 g/mol. The molecule has 0 aromatic heterocycles. The number of ether oxygens (including phenoxy) is 1. The molecule has 1 saturated carbocycles. The van der Waals surface area contributed by atoms with Crippen molar-refractivity contribution in [3.63, 3.8) is 0 Å². The topological polar surface area (TPSA) is 9.23 Å². The first-order chi connectivity index (χ1) is 15.7. The van der Waals surface area contributed by atoms with Crippen molar-refractivity contribution in [2.24, 2.45) is 17.8 Å². The van der Waals surface area contributed by atoms with Crippen LogP contribution >= 0.6 is 0 Å². The molecule has 3 rings (SSSR count). The second kappa shape index (κ2) is 11.6. The van der Waals surface area contributed by atoms with E-state index in [1.54, 1.807) is 0 Å². The van der Waals surface area contributed by atoms with Crippen LogP contribution in [0.25, 0.3) is 0 Å². The van der Waals surface area contributed by atoms with E-state index < -0.39 is 17.9 Å². The zero-order chi connectivity index (χ0) is 23.8. The lowest BCUT2D eigenvalue weighted by molar-refractivity contribution is -0.275. The number of rotatable bonds is 7. The van der Waals surface area contributed by atoms with Crippen molar-refractivity contribution < 1.29 is 22.3 Å². The Kier molecular flexibility index (Phi) is 8.83. The average molecular weight is 461 g/mol. The van der Waals surface area contributed by atoms with Gasteiger partial charge in [-0.2, -0.15) is 0 Å². The molecule has 1 fully saturated rings. The third-order valence-electron chi connectivity index (χ3n) is 6.68.